The Bertz CT molecular complexity index is 575. The van der Waals surface area contributed by atoms with Gasteiger partial charge in [0.15, 0.2) is 0 Å². The summed E-state index contributed by atoms with van der Waals surface area (Å²) in [4.78, 5) is 24.4. The van der Waals surface area contributed by atoms with Crippen LogP contribution in [0, 0.1) is 0 Å². The maximum atomic E-state index is 12.1. The molecule has 3 rings (SSSR count). The van der Waals surface area contributed by atoms with Crippen molar-refractivity contribution in [2.24, 2.45) is 0 Å². The van der Waals surface area contributed by atoms with Gasteiger partial charge < -0.3 is 20.4 Å². The van der Waals surface area contributed by atoms with Crippen LogP contribution >= 0.6 is 0 Å². The van der Waals surface area contributed by atoms with Gasteiger partial charge in [0.25, 0.3) is 0 Å². The minimum Gasteiger partial charge on any atom is -0.480 e. The summed E-state index contributed by atoms with van der Waals surface area (Å²) in [5.74, 6) is -0.781. The van der Waals surface area contributed by atoms with Gasteiger partial charge in [-0.2, -0.15) is 0 Å². The highest BCUT2D eigenvalue weighted by Crippen LogP contribution is 2.34. The van der Waals surface area contributed by atoms with E-state index in [9.17, 15) is 14.7 Å². The van der Waals surface area contributed by atoms with Crippen molar-refractivity contribution in [3.05, 3.63) is 35.4 Å². The zero-order valence-corrected chi connectivity index (χ0v) is 11.5. The Morgan fingerprint density at radius 1 is 1.33 bits per heavy atom. The topological polar surface area (TPSA) is 89.9 Å². The summed E-state index contributed by atoms with van der Waals surface area (Å²) in [6.45, 7) is 0.568. The lowest BCUT2D eigenvalue weighted by molar-refractivity contribution is -0.141. The first-order valence-corrected chi connectivity index (χ1v) is 7.09. The van der Waals surface area contributed by atoms with Gasteiger partial charge in [0.2, 0.25) is 0 Å². The maximum absolute atomic E-state index is 12.1. The van der Waals surface area contributed by atoms with Crippen LogP contribution in [0.4, 0.5) is 4.79 Å². The van der Waals surface area contributed by atoms with Gasteiger partial charge in [-0.15, -0.1) is 0 Å². The van der Waals surface area contributed by atoms with Crippen LogP contribution in [0.3, 0.4) is 0 Å². The van der Waals surface area contributed by atoms with Crippen molar-refractivity contribution in [2.45, 2.75) is 30.9 Å². The number of carboxylic acids is 1. The summed E-state index contributed by atoms with van der Waals surface area (Å²) < 4.78 is 0. The van der Waals surface area contributed by atoms with Crippen molar-refractivity contribution in [3.8, 4) is 0 Å². The zero-order valence-electron chi connectivity index (χ0n) is 11.5. The molecule has 6 heteroatoms. The van der Waals surface area contributed by atoms with E-state index in [1.165, 1.54) is 16.0 Å². The Morgan fingerprint density at radius 3 is 2.81 bits per heavy atom. The van der Waals surface area contributed by atoms with Gasteiger partial charge in [-0.25, -0.2) is 9.59 Å². The first-order chi connectivity index (χ1) is 10.1. The molecule has 0 radical (unpaired) electrons. The first-order valence-electron chi connectivity index (χ1n) is 7.09. The number of aliphatic hydroxyl groups excluding tert-OH is 1. The van der Waals surface area contributed by atoms with E-state index in [1.807, 2.05) is 12.1 Å². The number of rotatable bonds is 3. The molecule has 0 saturated carbocycles. The molecule has 3 N–H and O–H groups in total. The monoisotopic (exact) mass is 290 g/mol. The molecule has 0 bridgehead atoms. The highest BCUT2D eigenvalue weighted by Gasteiger charge is 2.39. The molecular weight excluding hydrogens is 272 g/mol. The van der Waals surface area contributed by atoms with Crippen molar-refractivity contribution in [3.63, 3.8) is 0 Å². The van der Waals surface area contributed by atoms with Crippen LogP contribution in [0.25, 0.3) is 0 Å². The highest BCUT2D eigenvalue weighted by molar-refractivity contribution is 5.83. The number of hydrogen-bond acceptors (Lipinski definition) is 3. The third kappa shape index (κ3) is 2.58. The third-order valence-electron chi connectivity index (χ3n) is 4.29. The number of β-amino-alcohol motifs (C(OH)–C–C–N with tert-alkyl or cyclic N) is 1. The van der Waals surface area contributed by atoms with Gasteiger partial charge in [0, 0.05) is 25.4 Å². The largest absolute Gasteiger partial charge is 0.480 e. The Labute approximate surface area is 122 Å². The van der Waals surface area contributed by atoms with Crippen molar-refractivity contribution in [1.29, 1.82) is 0 Å². The van der Waals surface area contributed by atoms with Gasteiger partial charge in [-0.05, 0) is 17.5 Å². The minimum atomic E-state index is -1.07. The van der Waals surface area contributed by atoms with E-state index in [1.54, 1.807) is 0 Å². The molecule has 1 aliphatic carbocycles. The molecule has 2 amide bonds. The van der Waals surface area contributed by atoms with Crippen molar-refractivity contribution >= 4 is 12.0 Å². The average Bonchev–Trinajstić information content (AvgIpc) is 2.82. The van der Waals surface area contributed by atoms with E-state index in [2.05, 4.69) is 17.4 Å². The number of urea groups is 1. The van der Waals surface area contributed by atoms with Gasteiger partial charge in [-0.3, -0.25) is 0 Å². The van der Waals surface area contributed by atoms with E-state index in [0.29, 0.717) is 12.5 Å². The van der Waals surface area contributed by atoms with E-state index in [-0.39, 0.29) is 13.0 Å². The molecule has 1 aromatic rings. The first kappa shape index (κ1) is 13.9. The van der Waals surface area contributed by atoms with Crippen LogP contribution in [0.1, 0.15) is 23.5 Å². The molecule has 0 aromatic heterocycles. The maximum Gasteiger partial charge on any atom is 0.326 e. The van der Waals surface area contributed by atoms with Crippen LogP contribution in [0.5, 0.6) is 0 Å². The molecule has 1 aliphatic heterocycles. The number of carboxylic acid groups (broad SMARTS) is 1. The lowest BCUT2D eigenvalue weighted by Gasteiger charge is -2.31. The number of carbonyl (C=O) groups is 2. The molecule has 0 spiro atoms. The fraction of sp³-hybridized carbons (Fsp3) is 0.467. The molecule has 1 aromatic carbocycles. The average molecular weight is 290 g/mol. The highest BCUT2D eigenvalue weighted by atomic mass is 16.4. The molecule has 3 unspecified atom stereocenters. The molecule has 1 saturated heterocycles. The standard InChI is InChI=1S/C15H18N2O4/c18-11-6-13(14(19)20)17(8-11)15(21)16-7-10-5-9-3-1-2-4-12(9)10/h1-4,10-11,13,18H,5-8H2,(H,16,21)(H,19,20). The number of aliphatic hydroxyl groups is 1. The molecule has 6 nitrogen and oxygen atoms in total. The van der Waals surface area contributed by atoms with Crippen LogP contribution in [0.2, 0.25) is 0 Å². The van der Waals surface area contributed by atoms with Crippen LogP contribution in [-0.2, 0) is 11.2 Å². The summed E-state index contributed by atoms with van der Waals surface area (Å²) in [5.41, 5.74) is 2.55. The van der Waals surface area contributed by atoms with E-state index in [0.717, 1.165) is 6.42 Å². The summed E-state index contributed by atoms with van der Waals surface area (Å²) in [7, 11) is 0. The smallest absolute Gasteiger partial charge is 0.326 e. The number of fused-ring (bicyclic) bond motifs is 1. The van der Waals surface area contributed by atoms with Crippen LogP contribution in [-0.4, -0.2) is 52.3 Å². The number of hydrogen-bond donors (Lipinski definition) is 3. The van der Waals surface area contributed by atoms with Gasteiger partial charge in [0.1, 0.15) is 6.04 Å². The summed E-state index contributed by atoms with van der Waals surface area (Å²) >= 11 is 0. The fourth-order valence-corrected chi connectivity index (χ4v) is 3.13. The second kappa shape index (κ2) is 5.37. The second-order valence-corrected chi connectivity index (χ2v) is 5.68. The number of amides is 2. The van der Waals surface area contributed by atoms with Gasteiger partial charge in [-0.1, -0.05) is 24.3 Å². The number of nitrogens with zero attached hydrogens (tertiary/aromatic N) is 1. The molecule has 1 fully saturated rings. The molecular formula is C15H18N2O4. The van der Waals surface area contributed by atoms with Crippen LogP contribution < -0.4 is 5.32 Å². The number of likely N-dealkylation sites (tertiary alicyclic amines) is 1. The lowest BCUT2D eigenvalue weighted by Crippen LogP contribution is -2.47. The summed E-state index contributed by atoms with van der Waals surface area (Å²) in [5, 5.41) is 21.4. The zero-order chi connectivity index (χ0) is 15.0. The third-order valence-corrected chi connectivity index (χ3v) is 4.29. The predicted molar refractivity (Wildman–Crippen MR) is 75.0 cm³/mol. The Hall–Kier alpha value is -2.08. The molecule has 3 atom stereocenters. The molecule has 112 valence electrons. The summed E-state index contributed by atoms with van der Waals surface area (Å²) in [6, 6.07) is 6.75. The van der Waals surface area contributed by atoms with E-state index in [4.69, 9.17) is 5.11 Å². The minimum absolute atomic E-state index is 0.0735. The SMILES string of the molecule is O=C(O)C1CC(O)CN1C(=O)NCC1Cc2ccccc21. The Morgan fingerprint density at radius 2 is 2.10 bits per heavy atom. The molecule has 1 heterocycles. The Kier molecular flexibility index (Phi) is 3.55. The van der Waals surface area contributed by atoms with Crippen molar-refractivity contribution in [2.75, 3.05) is 13.1 Å². The van der Waals surface area contributed by atoms with Crippen molar-refractivity contribution < 1.29 is 19.8 Å². The summed E-state index contributed by atoms with van der Waals surface area (Å²) in [6.07, 6.45) is 0.262. The van der Waals surface area contributed by atoms with Gasteiger partial charge >= 0.3 is 12.0 Å². The quantitative estimate of drug-likeness (QED) is 0.758. The van der Waals surface area contributed by atoms with Gasteiger partial charge in [0.05, 0.1) is 6.10 Å². The number of aliphatic carboxylic acids is 1. The lowest BCUT2D eigenvalue weighted by atomic mass is 9.78. The van der Waals surface area contributed by atoms with Crippen LogP contribution in [0.15, 0.2) is 24.3 Å². The van der Waals surface area contributed by atoms with E-state index < -0.39 is 24.1 Å². The number of benzene rings is 1. The predicted octanol–water partition coefficient (Wildman–Crippen LogP) is 0.556. The second-order valence-electron chi connectivity index (χ2n) is 5.68. The molecule has 21 heavy (non-hydrogen) atoms. The van der Waals surface area contributed by atoms with Crippen molar-refractivity contribution in [1.82, 2.24) is 10.2 Å². The Balaban J connectivity index is 1.57. The number of carbonyl (C=O) groups excluding carboxylic acids is 1. The van der Waals surface area contributed by atoms with E-state index >= 15 is 0 Å². The molecule has 2 aliphatic rings. The normalized spacial score (nSPS) is 26.9. The number of nitrogens with one attached hydrogen (secondary N) is 1. The fourth-order valence-electron chi connectivity index (χ4n) is 3.13.